The van der Waals surface area contributed by atoms with Crippen molar-refractivity contribution in [2.75, 3.05) is 0 Å². The largest absolute Gasteiger partial charge is 0.462 e. The van der Waals surface area contributed by atoms with Gasteiger partial charge in [-0.1, -0.05) is 13.8 Å². The molecule has 0 aromatic rings. The molecule has 4 rings (SSSR count). The number of Topliss-reactive ketones (excluding diaryl/α,β-unsaturated/α-hetero) is 1. The molecule has 0 spiro atoms. The molecular weight excluding hydrogens is 319 g/mol. The summed E-state index contributed by atoms with van der Waals surface area (Å²) in [6.07, 6.45) is 6.10. The van der Waals surface area contributed by atoms with Crippen LogP contribution in [0.3, 0.4) is 0 Å². The summed E-state index contributed by atoms with van der Waals surface area (Å²) >= 11 is 0. The van der Waals surface area contributed by atoms with Crippen LogP contribution in [0.5, 0.6) is 0 Å². The Morgan fingerprint density at radius 3 is 2.52 bits per heavy atom. The van der Waals surface area contributed by atoms with Crippen molar-refractivity contribution in [2.45, 2.75) is 84.4 Å². The van der Waals surface area contributed by atoms with E-state index in [-0.39, 0.29) is 28.7 Å². The molecular formula is C21H31FO3. The zero-order valence-electron chi connectivity index (χ0n) is 15.7. The Hall–Kier alpha value is -0.930. The molecule has 140 valence electrons. The number of rotatable bonds is 1. The molecule has 0 aromatic heterocycles. The lowest BCUT2D eigenvalue weighted by molar-refractivity contribution is -0.164. The van der Waals surface area contributed by atoms with Crippen molar-refractivity contribution in [3.05, 3.63) is 0 Å². The summed E-state index contributed by atoms with van der Waals surface area (Å²) in [5.41, 5.74) is 0.0483. The van der Waals surface area contributed by atoms with Crippen LogP contribution in [0.2, 0.25) is 0 Å². The van der Waals surface area contributed by atoms with Gasteiger partial charge in [0.2, 0.25) is 0 Å². The molecule has 4 saturated carbocycles. The first-order valence-corrected chi connectivity index (χ1v) is 10.1. The summed E-state index contributed by atoms with van der Waals surface area (Å²) < 4.78 is 20.0. The molecule has 0 aromatic carbocycles. The molecule has 0 heterocycles. The second kappa shape index (κ2) is 5.79. The highest BCUT2D eigenvalue weighted by atomic mass is 19.1. The topological polar surface area (TPSA) is 43.4 Å². The Morgan fingerprint density at radius 2 is 1.80 bits per heavy atom. The lowest BCUT2D eigenvalue weighted by Gasteiger charge is -2.60. The van der Waals surface area contributed by atoms with Crippen molar-refractivity contribution >= 4 is 11.8 Å². The second-order valence-electron chi connectivity index (χ2n) is 9.72. The predicted molar refractivity (Wildman–Crippen MR) is 92.6 cm³/mol. The average Bonchev–Trinajstić information content (AvgIpc) is 2.85. The number of carbonyl (C=O) groups is 2. The molecule has 4 fully saturated rings. The summed E-state index contributed by atoms with van der Waals surface area (Å²) in [5.74, 6) is 1.72. The first-order valence-electron chi connectivity index (χ1n) is 10.1. The average molecular weight is 350 g/mol. The van der Waals surface area contributed by atoms with Crippen molar-refractivity contribution < 1.29 is 18.7 Å². The number of esters is 1. The van der Waals surface area contributed by atoms with Gasteiger partial charge in [0, 0.05) is 18.8 Å². The highest BCUT2D eigenvalue weighted by Crippen LogP contribution is 2.66. The van der Waals surface area contributed by atoms with Crippen LogP contribution in [-0.4, -0.2) is 24.0 Å². The molecule has 0 amide bonds. The third-order valence-corrected chi connectivity index (χ3v) is 8.70. The third kappa shape index (κ3) is 2.49. The van der Waals surface area contributed by atoms with Crippen LogP contribution in [0, 0.1) is 34.5 Å². The first-order chi connectivity index (χ1) is 11.8. The smallest absolute Gasteiger partial charge is 0.302 e. The first kappa shape index (κ1) is 17.5. The Labute approximate surface area is 150 Å². The molecule has 4 heteroatoms. The number of carbonyl (C=O) groups excluding carboxylic acids is 2. The predicted octanol–water partition coefficient (Wildman–Crippen LogP) is 4.48. The number of ether oxygens (including phenoxy) is 1. The fourth-order valence-electron chi connectivity index (χ4n) is 7.40. The Balaban J connectivity index is 1.59. The van der Waals surface area contributed by atoms with E-state index in [2.05, 4.69) is 13.8 Å². The van der Waals surface area contributed by atoms with Crippen molar-refractivity contribution in [1.29, 1.82) is 0 Å². The zero-order chi connectivity index (χ0) is 18.0. The van der Waals surface area contributed by atoms with E-state index in [1.54, 1.807) is 0 Å². The van der Waals surface area contributed by atoms with Crippen molar-refractivity contribution in [2.24, 2.45) is 34.5 Å². The van der Waals surface area contributed by atoms with Gasteiger partial charge in [0.15, 0.2) is 12.0 Å². The van der Waals surface area contributed by atoms with Gasteiger partial charge in [-0.2, -0.15) is 0 Å². The van der Waals surface area contributed by atoms with Crippen LogP contribution in [-0.2, 0) is 14.3 Å². The highest BCUT2D eigenvalue weighted by molar-refractivity contribution is 5.84. The molecule has 0 unspecified atom stereocenters. The van der Waals surface area contributed by atoms with E-state index in [0.717, 1.165) is 38.5 Å². The third-order valence-electron chi connectivity index (χ3n) is 8.70. The molecule has 4 aliphatic carbocycles. The summed E-state index contributed by atoms with van der Waals surface area (Å²) in [6.45, 7) is 6.08. The lowest BCUT2D eigenvalue weighted by atomic mass is 9.45. The summed E-state index contributed by atoms with van der Waals surface area (Å²) in [7, 11) is 0. The quantitative estimate of drug-likeness (QED) is 0.655. The summed E-state index contributed by atoms with van der Waals surface area (Å²) in [5, 5.41) is 0. The molecule has 0 N–H and O–H groups in total. The van der Waals surface area contributed by atoms with E-state index < -0.39 is 6.17 Å². The SMILES string of the molecule is CC(=O)O[C@H]1CC[C@H]2[C@@H]3CC[C@H]4CC(=O)[C@H](F)C[C@]4(C)[C@H]3CC[C@]12C. The van der Waals surface area contributed by atoms with Gasteiger partial charge >= 0.3 is 5.97 Å². The van der Waals surface area contributed by atoms with E-state index in [0.29, 0.717) is 36.5 Å². The number of alkyl halides is 1. The Kier molecular flexibility index (Phi) is 4.05. The fraction of sp³-hybridized carbons (Fsp3) is 0.905. The number of hydrogen-bond donors (Lipinski definition) is 0. The Bertz CT molecular complexity index is 590. The molecule has 0 aliphatic heterocycles. The number of fused-ring (bicyclic) bond motifs is 5. The van der Waals surface area contributed by atoms with Gasteiger partial charge in [-0.3, -0.25) is 9.59 Å². The number of halogens is 1. The maximum atomic E-state index is 14.3. The van der Waals surface area contributed by atoms with Crippen molar-refractivity contribution in [3.8, 4) is 0 Å². The minimum atomic E-state index is -1.26. The molecule has 8 atom stereocenters. The van der Waals surface area contributed by atoms with Crippen LogP contribution in [0.15, 0.2) is 0 Å². The molecule has 0 bridgehead atoms. The van der Waals surface area contributed by atoms with Gasteiger partial charge < -0.3 is 4.74 Å². The number of hydrogen-bond acceptors (Lipinski definition) is 3. The second-order valence-corrected chi connectivity index (χ2v) is 9.72. The van der Waals surface area contributed by atoms with Crippen LogP contribution in [0.25, 0.3) is 0 Å². The van der Waals surface area contributed by atoms with Gasteiger partial charge in [0.25, 0.3) is 0 Å². The normalized spacial score (nSPS) is 52.1. The standard InChI is InChI=1S/C21H31FO3/c1-12(23)25-19-7-6-15-14-5-4-13-10-18(24)17(22)11-21(13,3)16(14)8-9-20(15,19)2/h13-17,19H,4-11H2,1-3H3/t13-,14-,15-,16-,17+,19-,20-,21-/m0/s1. The zero-order valence-corrected chi connectivity index (χ0v) is 15.7. The minimum Gasteiger partial charge on any atom is -0.462 e. The van der Waals surface area contributed by atoms with E-state index in [9.17, 15) is 14.0 Å². The van der Waals surface area contributed by atoms with Crippen LogP contribution in [0.4, 0.5) is 4.39 Å². The monoisotopic (exact) mass is 350 g/mol. The van der Waals surface area contributed by atoms with Crippen molar-refractivity contribution in [3.63, 3.8) is 0 Å². The van der Waals surface area contributed by atoms with Gasteiger partial charge in [-0.05, 0) is 74.0 Å². The van der Waals surface area contributed by atoms with Gasteiger partial charge in [0.1, 0.15) is 6.10 Å². The molecule has 25 heavy (non-hydrogen) atoms. The number of ketones is 1. The van der Waals surface area contributed by atoms with E-state index in [1.165, 1.54) is 6.92 Å². The maximum Gasteiger partial charge on any atom is 0.302 e. The van der Waals surface area contributed by atoms with Crippen LogP contribution >= 0.6 is 0 Å². The van der Waals surface area contributed by atoms with Crippen molar-refractivity contribution in [1.82, 2.24) is 0 Å². The lowest BCUT2D eigenvalue weighted by Crippen LogP contribution is -2.56. The van der Waals surface area contributed by atoms with Gasteiger partial charge in [-0.15, -0.1) is 0 Å². The van der Waals surface area contributed by atoms with Crippen LogP contribution in [0.1, 0.15) is 72.1 Å². The molecule has 3 nitrogen and oxygen atoms in total. The summed E-state index contributed by atoms with van der Waals surface area (Å²) in [4.78, 5) is 23.4. The van der Waals surface area contributed by atoms with E-state index in [1.807, 2.05) is 0 Å². The van der Waals surface area contributed by atoms with Crippen LogP contribution < -0.4 is 0 Å². The van der Waals surface area contributed by atoms with E-state index >= 15 is 0 Å². The fourth-order valence-corrected chi connectivity index (χ4v) is 7.40. The summed E-state index contributed by atoms with van der Waals surface area (Å²) in [6, 6.07) is 0. The molecule has 0 saturated heterocycles. The minimum absolute atomic E-state index is 0.0307. The van der Waals surface area contributed by atoms with Gasteiger partial charge in [-0.25, -0.2) is 4.39 Å². The molecule has 4 aliphatic rings. The van der Waals surface area contributed by atoms with E-state index in [4.69, 9.17) is 4.74 Å². The maximum absolute atomic E-state index is 14.3. The molecule has 0 radical (unpaired) electrons. The highest BCUT2D eigenvalue weighted by Gasteiger charge is 2.61. The van der Waals surface area contributed by atoms with Gasteiger partial charge in [0.05, 0.1) is 0 Å². The Morgan fingerprint density at radius 1 is 1.08 bits per heavy atom.